The molecule has 0 spiro atoms. The second kappa shape index (κ2) is 6.05. The summed E-state index contributed by atoms with van der Waals surface area (Å²) in [7, 11) is 0. The molecule has 1 aliphatic heterocycles. The third-order valence-electron chi connectivity index (χ3n) is 2.94. The average Bonchev–Trinajstić information content (AvgIpc) is 2.67. The van der Waals surface area contributed by atoms with Gasteiger partial charge in [0.1, 0.15) is 0 Å². The van der Waals surface area contributed by atoms with Crippen LogP contribution >= 0.6 is 11.8 Å². The first kappa shape index (κ1) is 15.2. The lowest BCUT2D eigenvalue weighted by atomic mass is 10.1. The molecule has 1 aliphatic rings. The van der Waals surface area contributed by atoms with E-state index >= 15 is 0 Å². The first-order chi connectivity index (χ1) is 9.33. The summed E-state index contributed by atoms with van der Waals surface area (Å²) in [5, 5.41) is 8.68. The standard InChI is InChI=1S/C13H14F3NO2S/c14-13(15,16)8-17(7-12(18)19)6-10-5-9-3-1-2-4-11(9)20-10/h1-4,10H,5-8H2,(H,18,19). The highest BCUT2D eigenvalue weighted by Crippen LogP contribution is 2.37. The molecule has 7 heteroatoms. The highest BCUT2D eigenvalue weighted by molar-refractivity contribution is 8.00. The minimum absolute atomic E-state index is 0.0332. The molecule has 0 amide bonds. The van der Waals surface area contributed by atoms with Crippen LogP contribution in [0.2, 0.25) is 0 Å². The molecule has 0 radical (unpaired) electrons. The summed E-state index contributed by atoms with van der Waals surface area (Å²) in [6, 6.07) is 7.67. The van der Waals surface area contributed by atoms with Gasteiger partial charge in [0.2, 0.25) is 0 Å². The number of rotatable bonds is 5. The number of benzene rings is 1. The maximum absolute atomic E-state index is 12.5. The maximum atomic E-state index is 12.5. The Morgan fingerprint density at radius 3 is 2.70 bits per heavy atom. The third kappa shape index (κ3) is 4.42. The van der Waals surface area contributed by atoms with E-state index in [-0.39, 0.29) is 11.8 Å². The van der Waals surface area contributed by atoms with Crippen LogP contribution < -0.4 is 0 Å². The van der Waals surface area contributed by atoms with Crippen LogP contribution in [0.25, 0.3) is 0 Å². The fourth-order valence-electron chi connectivity index (χ4n) is 2.27. The number of carboxylic acids is 1. The quantitative estimate of drug-likeness (QED) is 0.908. The first-order valence-corrected chi connectivity index (χ1v) is 6.97. The topological polar surface area (TPSA) is 40.5 Å². The number of carbonyl (C=O) groups is 1. The van der Waals surface area contributed by atoms with Crippen LogP contribution in [-0.2, 0) is 11.2 Å². The van der Waals surface area contributed by atoms with E-state index in [9.17, 15) is 18.0 Å². The van der Waals surface area contributed by atoms with Gasteiger partial charge >= 0.3 is 12.1 Å². The summed E-state index contributed by atoms with van der Waals surface area (Å²) in [5.74, 6) is -1.24. The van der Waals surface area contributed by atoms with Gasteiger partial charge in [-0.3, -0.25) is 9.69 Å². The van der Waals surface area contributed by atoms with Crippen LogP contribution in [0.4, 0.5) is 13.2 Å². The van der Waals surface area contributed by atoms with Crippen LogP contribution in [0.1, 0.15) is 5.56 Å². The lowest BCUT2D eigenvalue weighted by molar-refractivity contribution is -0.153. The lowest BCUT2D eigenvalue weighted by Gasteiger charge is -2.24. The molecule has 1 aromatic carbocycles. The van der Waals surface area contributed by atoms with E-state index in [0.717, 1.165) is 15.4 Å². The second-order valence-electron chi connectivity index (χ2n) is 4.73. The summed E-state index contributed by atoms with van der Waals surface area (Å²) in [6.07, 6.45) is -3.71. The molecule has 0 fully saturated rings. The van der Waals surface area contributed by atoms with Gasteiger partial charge in [0, 0.05) is 16.7 Å². The molecule has 2 rings (SSSR count). The molecule has 1 unspecified atom stereocenters. The summed E-state index contributed by atoms with van der Waals surface area (Å²) < 4.78 is 37.4. The van der Waals surface area contributed by atoms with E-state index in [1.54, 1.807) is 0 Å². The van der Waals surface area contributed by atoms with Gasteiger partial charge in [-0.05, 0) is 18.1 Å². The molecule has 0 saturated carbocycles. The van der Waals surface area contributed by atoms with Crippen molar-refractivity contribution in [3.63, 3.8) is 0 Å². The molecule has 20 heavy (non-hydrogen) atoms. The Morgan fingerprint density at radius 2 is 2.10 bits per heavy atom. The Morgan fingerprint density at radius 1 is 1.40 bits per heavy atom. The molecule has 1 aromatic rings. The fraction of sp³-hybridized carbons (Fsp3) is 0.462. The van der Waals surface area contributed by atoms with Crippen LogP contribution in [0, 0.1) is 0 Å². The average molecular weight is 305 g/mol. The normalized spacial score (nSPS) is 18.3. The van der Waals surface area contributed by atoms with Gasteiger partial charge in [-0.1, -0.05) is 18.2 Å². The summed E-state index contributed by atoms with van der Waals surface area (Å²) in [5.41, 5.74) is 1.12. The second-order valence-corrected chi connectivity index (χ2v) is 6.07. The van der Waals surface area contributed by atoms with Crippen molar-refractivity contribution in [2.45, 2.75) is 22.7 Å². The number of nitrogens with zero attached hydrogens (tertiary/aromatic N) is 1. The number of hydrogen-bond donors (Lipinski definition) is 1. The van der Waals surface area contributed by atoms with Crippen molar-refractivity contribution in [3.05, 3.63) is 29.8 Å². The molecule has 1 atom stereocenters. The third-order valence-corrected chi connectivity index (χ3v) is 4.24. The van der Waals surface area contributed by atoms with E-state index in [1.807, 2.05) is 24.3 Å². The van der Waals surface area contributed by atoms with Crippen molar-refractivity contribution in [2.24, 2.45) is 0 Å². The highest BCUT2D eigenvalue weighted by atomic mass is 32.2. The number of fused-ring (bicyclic) bond motifs is 1. The predicted octanol–water partition coefficient (Wildman–Crippen LogP) is 2.65. The minimum atomic E-state index is -4.38. The zero-order valence-corrected chi connectivity index (χ0v) is 11.4. The molecule has 0 aliphatic carbocycles. The first-order valence-electron chi connectivity index (χ1n) is 6.09. The van der Waals surface area contributed by atoms with Gasteiger partial charge in [0.25, 0.3) is 0 Å². The van der Waals surface area contributed by atoms with E-state index < -0.39 is 25.2 Å². The van der Waals surface area contributed by atoms with Crippen molar-refractivity contribution >= 4 is 17.7 Å². The van der Waals surface area contributed by atoms with Crippen molar-refractivity contribution in [3.8, 4) is 0 Å². The van der Waals surface area contributed by atoms with E-state index in [0.29, 0.717) is 6.42 Å². The fourth-order valence-corrected chi connectivity index (χ4v) is 3.64. The Balaban J connectivity index is 1.97. The largest absolute Gasteiger partial charge is 0.480 e. The number of halogens is 3. The lowest BCUT2D eigenvalue weighted by Crippen LogP contribution is -2.41. The van der Waals surface area contributed by atoms with Gasteiger partial charge < -0.3 is 5.11 Å². The van der Waals surface area contributed by atoms with Crippen molar-refractivity contribution < 1.29 is 23.1 Å². The molecule has 0 bridgehead atoms. The van der Waals surface area contributed by atoms with E-state index in [2.05, 4.69) is 0 Å². The van der Waals surface area contributed by atoms with Crippen molar-refractivity contribution in [1.82, 2.24) is 4.90 Å². The molecular formula is C13H14F3NO2S. The summed E-state index contributed by atoms with van der Waals surface area (Å²) in [4.78, 5) is 12.7. The van der Waals surface area contributed by atoms with Gasteiger partial charge in [-0.25, -0.2) is 0 Å². The SMILES string of the molecule is O=C(O)CN(CC1Cc2ccccc2S1)CC(F)(F)F. The Hall–Kier alpha value is -1.21. The van der Waals surface area contributed by atoms with Gasteiger partial charge in [-0.15, -0.1) is 11.8 Å². The molecule has 1 N–H and O–H groups in total. The maximum Gasteiger partial charge on any atom is 0.401 e. The smallest absolute Gasteiger partial charge is 0.401 e. The number of hydrogen-bond acceptors (Lipinski definition) is 3. The predicted molar refractivity (Wildman–Crippen MR) is 69.9 cm³/mol. The molecular weight excluding hydrogens is 291 g/mol. The number of carboxylic acid groups (broad SMARTS) is 1. The monoisotopic (exact) mass is 305 g/mol. The van der Waals surface area contributed by atoms with Crippen LogP contribution in [0.3, 0.4) is 0 Å². The number of alkyl halides is 3. The van der Waals surface area contributed by atoms with Gasteiger partial charge in [0.05, 0.1) is 13.1 Å². The van der Waals surface area contributed by atoms with Crippen molar-refractivity contribution in [1.29, 1.82) is 0 Å². The van der Waals surface area contributed by atoms with Gasteiger partial charge in [-0.2, -0.15) is 13.2 Å². The molecule has 3 nitrogen and oxygen atoms in total. The summed E-state index contributed by atoms with van der Waals surface area (Å²) >= 11 is 1.52. The Kier molecular flexibility index (Phi) is 4.59. The van der Waals surface area contributed by atoms with Gasteiger partial charge in [0.15, 0.2) is 0 Å². The molecule has 110 valence electrons. The number of aliphatic carboxylic acids is 1. The molecule has 1 heterocycles. The zero-order chi connectivity index (χ0) is 14.8. The zero-order valence-electron chi connectivity index (χ0n) is 10.6. The van der Waals surface area contributed by atoms with Crippen LogP contribution in [0.5, 0.6) is 0 Å². The Bertz CT molecular complexity index is 468. The number of thioether (sulfide) groups is 1. The minimum Gasteiger partial charge on any atom is -0.480 e. The summed E-state index contributed by atoms with van der Waals surface area (Å²) in [6.45, 7) is -1.66. The van der Waals surface area contributed by atoms with Crippen LogP contribution in [-0.4, -0.2) is 47.0 Å². The highest BCUT2D eigenvalue weighted by Gasteiger charge is 2.33. The van der Waals surface area contributed by atoms with E-state index in [4.69, 9.17) is 5.11 Å². The van der Waals surface area contributed by atoms with Crippen LogP contribution in [0.15, 0.2) is 29.2 Å². The molecule has 0 aromatic heterocycles. The Labute approximate surface area is 118 Å². The van der Waals surface area contributed by atoms with Crippen molar-refractivity contribution in [2.75, 3.05) is 19.6 Å². The molecule has 0 saturated heterocycles. The van der Waals surface area contributed by atoms with E-state index in [1.165, 1.54) is 11.8 Å².